The van der Waals surface area contributed by atoms with Gasteiger partial charge in [0.05, 0.1) is 15.9 Å². The summed E-state index contributed by atoms with van der Waals surface area (Å²) < 4.78 is 0.764. The van der Waals surface area contributed by atoms with E-state index in [0.717, 1.165) is 14.9 Å². The van der Waals surface area contributed by atoms with E-state index in [0.29, 0.717) is 0 Å². The topological polar surface area (TPSA) is 49.3 Å². The highest BCUT2D eigenvalue weighted by Crippen LogP contribution is 2.28. The Morgan fingerprint density at radius 2 is 1.94 bits per heavy atom. The Bertz CT molecular complexity index is 550. The van der Waals surface area contributed by atoms with Crippen LogP contribution in [0.2, 0.25) is 4.34 Å². The largest absolute Gasteiger partial charge is 0.478 e. The van der Waals surface area contributed by atoms with Gasteiger partial charge in [-0.25, -0.2) is 4.79 Å². The van der Waals surface area contributed by atoms with E-state index in [9.17, 15) is 4.79 Å². The van der Waals surface area contributed by atoms with Crippen LogP contribution in [-0.4, -0.2) is 11.1 Å². The van der Waals surface area contributed by atoms with Gasteiger partial charge in [0.15, 0.2) is 0 Å². The minimum atomic E-state index is -0.917. The average Bonchev–Trinajstić information content (AvgIpc) is 2.76. The molecule has 0 aliphatic heterocycles. The van der Waals surface area contributed by atoms with E-state index in [1.165, 1.54) is 11.3 Å². The van der Waals surface area contributed by atoms with Crippen LogP contribution in [0.5, 0.6) is 0 Å². The number of halogens is 1. The molecule has 5 heteroatoms. The first kappa shape index (κ1) is 12.9. The molecule has 1 atom stereocenters. The van der Waals surface area contributed by atoms with Crippen molar-refractivity contribution in [1.82, 2.24) is 0 Å². The Labute approximate surface area is 114 Å². The quantitative estimate of drug-likeness (QED) is 0.880. The standard InChI is InChI=1S/C13H12ClNO2S/c1-8(11-6-7-12(14)18-11)15-10-4-2-9(3-5-10)13(16)17/h2-8,15H,1H3,(H,16,17). The Kier molecular flexibility index (Phi) is 3.89. The van der Waals surface area contributed by atoms with Gasteiger partial charge in [-0.1, -0.05) is 11.6 Å². The maximum absolute atomic E-state index is 10.7. The monoisotopic (exact) mass is 281 g/mol. The van der Waals surface area contributed by atoms with Crippen LogP contribution in [0.3, 0.4) is 0 Å². The molecule has 0 aliphatic rings. The lowest BCUT2D eigenvalue weighted by Crippen LogP contribution is -2.05. The third-order valence-electron chi connectivity index (χ3n) is 2.54. The minimum absolute atomic E-state index is 0.137. The van der Waals surface area contributed by atoms with E-state index in [2.05, 4.69) is 5.32 Å². The van der Waals surface area contributed by atoms with Crippen molar-refractivity contribution < 1.29 is 9.90 Å². The molecule has 1 aromatic carbocycles. The third-order valence-corrected chi connectivity index (χ3v) is 3.95. The number of carbonyl (C=O) groups is 1. The van der Waals surface area contributed by atoms with Gasteiger partial charge in [-0.15, -0.1) is 11.3 Å². The number of thiophene rings is 1. The van der Waals surface area contributed by atoms with E-state index in [1.54, 1.807) is 24.3 Å². The van der Waals surface area contributed by atoms with Gasteiger partial charge in [0, 0.05) is 10.6 Å². The van der Waals surface area contributed by atoms with Gasteiger partial charge < -0.3 is 10.4 Å². The summed E-state index contributed by atoms with van der Waals surface area (Å²) in [5.74, 6) is -0.917. The maximum atomic E-state index is 10.7. The number of benzene rings is 1. The molecule has 0 bridgehead atoms. The van der Waals surface area contributed by atoms with E-state index < -0.39 is 5.97 Å². The summed E-state index contributed by atoms with van der Waals surface area (Å²) >= 11 is 7.42. The molecule has 0 spiro atoms. The van der Waals surface area contributed by atoms with Crippen LogP contribution in [0.1, 0.15) is 28.2 Å². The number of carboxylic acids is 1. The fourth-order valence-electron chi connectivity index (χ4n) is 1.59. The summed E-state index contributed by atoms with van der Waals surface area (Å²) in [7, 11) is 0. The summed E-state index contributed by atoms with van der Waals surface area (Å²) in [6, 6.07) is 10.7. The first-order valence-electron chi connectivity index (χ1n) is 5.41. The van der Waals surface area contributed by atoms with Gasteiger partial charge in [0.1, 0.15) is 0 Å². The highest BCUT2D eigenvalue weighted by atomic mass is 35.5. The maximum Gasteiger partial charge on any atom is 0.335 e. The van der Waals surface area contributed by atoms with Gasteiger partial charge in [-0.2, -0.15) is 0 Å². The van der Waals surface area contributed by atoms with Crippen LogP contribution < -0.4 is 5.32 Å². The van der Waals surface area contributed by atoms with Crippen molar-refractivity contribution in [2.45, 2.75) is 13.0 Å². The lowest BCUT2D eigenvalue weighted by atomic mass is 10.2. The van der Waals surface area contributed by atoms with Crippen LogP contribution in [0, 0.1) is 0 Å². The molecule has 0 fully saturated rings. The molecule has 0 aliphatic carbocycles. The number of nitrogens with one attached hydrogen (secondary N) is 1. The summed E-state index contributed by atoms with van der Waals surface area (Å²) in [5, 5.41) is 12.1. The summed E-state index contributed by atoms with van der Waals surface area (Å²) in [5.41, 5.74) is 1.17. The number of anilines is 1. The zero-order valence-corrected chi connectivity index (χ0v) is 11.3. The van der Waals surface area contributed by atoms with Crippen molar-refractivity contribution in [3.63, 3.8) is 0 Å². The molecule has 0 amide bonds. The smallest absolute Gasteiger partial charge is 0.335 e. The minimum Gasteiger partial charge on any atom is -0.478 e. The molecule has 3 nitrogen and oxygen atoms in total. The van der Waals surface area contributed by atoms with Gasteiger partial charge in [-0.05, 0) is 43.3 Å². The van der Waals surface area contributed by atoms with Crippen molar-refractivity contribution >= 4 is 34.6 Å². The molecule has 0 saturated heterocycles. The van der Waals surface area contributed by atoms with Crippen LogP contribution in [0.25, 0.3) is 0 Å². The second-order valence-electron chi connectivity index (χ2n) is 3.89. The van der Waals surface area contributed by atoms with Crippen molar-refractivity contribution in [2.24, 2.45) is 0 Å². The molecular formula is C13H12ClNO2S. The molecule has 1 unspecified atom stereocenters. The van der Waals surface area contributed by atoms with Crippen molar-refractivity contribution in [3.05, 3.63) is 51.2 Å². The SMILES string of the molecule is CC(Nc1ccc(C(=O)O)cc1)c1ccc(Cl)s1. The van der Waals surface area contributed by atoms with Gasteiger partial charge in [0.2, 0.25) is 0 Å². The van der Waals surface area contributed by atoms with E-state index in [4.69, 9.17) is 16.7 Å². The fourth-order valence-corrected chi connectivity index (χ4v) is 2.65. The number of hydrogen-bond acceptors (Lipinski definition) is 3. The lowest BCUT2D eigenvalue weighted by molar-refractivity contribution is 0.0697. The van der Waals surface area contributed by atoms with Crippen LogP contribution in [0.15, 0.2) is 36.4 Å². The molecule has 2 rings (SSSR count). The molecule has 2 N–H and O–H groups in total. The summed E-state index contributed by atoms with van der Waals surface area (Å²) in [6.45, 7) is 2.03. The fraction of sp³-hybridized carbons (Fsp3) is 0.154. The predicted molar refractivity (Wildman–Crippen MR) is 74.8 cm³/mol. The zero-order chi connectivity index (χ0) is 13.1. The van der Waals surface area contributed by atoms with E-state index >= 15 is 0 Å². The van der Waals surface area contributed by atoms with Crippen molar-refractivity contribution in [2.75, 3.05) is 5.32 Å². The molecule has 1 aromatic heterocycles. The molecule has 18 heavy (non-hydrogen) atoms. The molecule has 0 radical (unpaired) electrons. The normalized spacial score (nSPS) is 12.1. The van der Waals surface area contributed by atoms with Crippen LogP contribution >= 0.6 is 22.9 Å². The van der Waals surface area contributed by atoms with E-state index in [1.807, 2.05) is 19.1 Å². The van der Waals surface area contributed by atoms with Gasteiger partial charge in [-0.3, -0.25) is 0 Å². The highest BCUT2D eigenvalue weighted by Gasteiger charge is 2.08. The average molecular weight is 282 g/mol. The molecule has 2 aromatic rings. The van der Waals surface area contributed by atoms with Gasteiger partial charge >= 0.3 is 5.97 Å². The third kappa shape index (κ3) is 3.03. The van der Waals surface area contributed by atoms with Crippen LogP contribution in [0.4, 0.5) is 5.69 Å². The number of rotatable bonds is 4. The van der Waals surface area contributed by atoms with Gasteiger partial charge in [0.25, 0.3) is 0 Å². The van der Waals surface area contributed by atoms with E-state index in [-0.39, 0.29) is 11.6 Å². The second kappa shape index (κ2) is 5.42. The molecule has 94 valence electrons. The first-order chi connectivity index (χ1) is 8.56. The molecule has 1 heterocycles. The number of aromatic carboxylic acids is 1. The second-order valence-corrected chi connectivity index (χ2v) is 5.64. The summed E-state index contributed by atoms with van der Waals surface area (Å²) in [4.78, 5) is 11.9. The highest BCUT2D eigenvalue weighted by molar-refractivity contribution is 7.16. The first-order valence-corrected chi connectivity index (χ1v) is 6.61. The van der Waals surface area contributed by atoms with Crippen LogP contribution in [-0.2, 0) is 0 Å². The Balaban J connectivity index is 2.07. The Morgan fingerprint density at radius 1 is 1.28 bits per heavy atom. The summed E-state index contributed by atoms with van der Waals surface area (Å²) in [6.07, 6.45) is 0. The number of hydrogen-bond donors (Lipinski definition) is 2. The zero-order valence-electron chi connectivity index (χ0n) is 9.68. The van der Waals surface area contributed by atoms with Crippen molar-refractivity contribution in [3.8, 4) is 0 Å². The van der Waals surface area contributed by atoms with Crippen molar-refractivity contribution in [1.29, 1.82) is 0 Å². The Hall–Kier alpha value is -1.52. The number of carboxylic acid groups (broad SMARTS) is 1. The predicted octanol–water partition coefficient (Wildman–Crippen LogP) is 4.27. The lowest BCUT2D eigenvalue weighted by Gasteiger charge is -2.13. The Morgan fingerprint density at radius 3 is 2.44 bits per heavy atom. The molecule has 0 saturated carbocycles. The molecular weight excluding hydrogens is 270 g/mol.